The Morgan fingerprint density at radius 2 is 2.12 bits per heavy atom. The summed E-state index contributed by atoms with van der Waals surface area (Å²) in [5.41, 5.74) is 1.57. The van der Waals surface area contributed by atoms with Crippen molar-refractivity contribution in [3.05, 3.63) is 53.7 Å². The lowest BCUT2D eigenvalue weighted by Gasteiger charge is -2.30. The van der Waals surface area contributed by atoms with E-state index in [-0.39, 0.29) is 18.0 Å². The van der Waals surface area contributed by atoms with Crippen LogP contribution in [0.1, 0.15) is 23.0 Å². The van der Waals surface area contributed by atoms with E-state index < -0.39 is 12.3 Å². The molecular weight excluding hydrogens is 360 g/mol. The molecule has 0 bridgehead atoms. The Bertz CT molecular complexity index is 918. The summed E-state index contributed by atoms with van der Waals surface area (Å²) in [5.74, 6) is -0.424. The molecule has 1 saturated heterocycles. The van der Waals surface area contributed by atoms with Crippen LogP contribution >= 0.6 is 11.6 Å². The zero-order valence-electron chi connectivity index (χ0n) is 13.6. The normalized spacial score (nSPS) is 20.2. The number of esters is 1. The van der Waals surface area contributed by atoms with Crippen LogP contribution in [0.3, 0.4) is 0 Å². The molecule has 0 saturated carbocycles. The van der Waals surface area contributed by atoms with Gasteiger partial charge in [-0.05, 0) is 12.1 Å². The first kappa shape index (κ1) is 16.9. The van der Waals surface area contributed by atoms with Crippen LogP contribution in [0.4, 0.5) is 0 Å². The largest absolute Gasteiger partial charge is 0.457 e. The lowest BCUT2D eigenvalue weighted by Crippen LogP contribution is -2.34. The van der Waals surface area contributed by atoms with E-state index >= 15 is 0 Å². The Morgan fingerprint density at radius 3 is 2.96 bits per heavy atom. The smallest absolute Gasteiger partial charge is 0.338 e. The van der Waals surface area contributed by atoms with E-state index in [9.17, 15) is 4.79 Å². The van der Waals surface area contributed by atoms with Gasteiger partial charge in [0.25, 0.3) is 0 Å². The van der Waals surface area contributed by atoms with Gasteiger partial charge in [0.1, 0.15) is 24.7 Å². The molecule has 0 N–H and O–H groups in total. The molecule has 0 radical (unpaired) electrons. The van der Waals surface area contributed by atoms with Gasteiger partial charge in [0, 0.05) is 6.42 Å². The zero-order chi connectivity index (χ0) is 17.9. The maximum atomic E-state index is 12.0. The molecule has 2 aromatic heterocycles. The number of halogens is 1. The van der Waals surface area contributed by atoms with E-state index in [2.05, 4.69) is 15.0 Å². The summed E-state index contributed by atoms with van der Waals surface area (Å²) in [5, 5.41) is 0.286. The number of carbonyl (C=O) groups is 1. The highest BCUT2D eigenvalue weighted by atomic mass is 35.5. The van der Waals surface area contributed by atoms with Crippen molar-refractivity contribution in [2.24, 2.45) is 0 Å². The summed E-state index contributed by atoms with van der Waals surface area (Å²) < 4.78 is 18.5. The van der Waals surface area contributed by atoms with Crippen LogP contribution in [-0.2, 0) is 14.2 Å². The molecule has 3 aromatic rings. The van der Waals surface area contributed by atoms with Gasteiger partial charge in [0.2, 0.25) is 0 Å². The number of imidazole rings is 1. The first-order valence-electron chi connectivity index (χ1n) is 8.04. The number of rotatable bonds is 4. The van der Waals surface area contributed by atoms with Crippen molar-refractivity contribution in [1.82, 2.24) is 19.5 Å². The summed E-state index contributed by atoms with van der Waals surface area (Å²) in [4.78, 5) is 24.4. The van der Waals surface area contributed by atoms with Crippen LogP contribution in [0.5, 0.6) is 0 Å². The molecule has 26 heavy (non-hydrogen) atoms. The highest BCUT2D eigenvalue weighted by molar-refractivity contribution is 6.33. The molecule has 1 fully saturated rings. The van der Waals surface area contributed by atoms with Gasteiger partial charge in [-0.3, -0.25) is 4.57 Å². The average molecular weight is 375 g/mol. The summed E-state index contributed by atoms with van der Waals surface area (Å²) in [6.07, 6.45) is 2.57. The van der Waals surface area contributed by atoms with Gasteiger partial charge in [-0.2, -0.15) is 0 Å². The van der Waals surface area contributed by atoms with Crippen LogP contribution in [0.25, 0.3) is 11.2 Å². The van der Waals surface area contributed by atoms with Crippen LogP contribution < -0.4 is 0 Å². The Kier molecular flexibility index (Phi) is 4.79. The first-order chi connectivity index (χ1) is 12.7. The van der Waals surface area contributed by atoms with E-state index in [0.29, 0.717) is 29.8 Å². The van der Waals surface area contributed by atoms with Crippen molar-refractivity contribution in [2.75, 3.05) is 13.2 Å². The van der Waals surface area contributed by atoms with Crippen LogP contribution in [0.15, 0.2) is 43.0 Å². The number of ether oxygens (including phenoxy) is 3. The third-order valence-corrected chi connectivity index (χ3v) is 4.24. The number of nitrogens with zero attached hydrogens (tertiary/aromatic N) is 4. The van der Waals surface area contributed by atoms with Gasteiger partial charge >= 0.3 is 5.97 Å². The molecule has 0 amide bonds. The minimum absolute atomic E-state index is 0.00734. The lowest BCUT2D eigenvalue weighted by atomic mass is 10.2. The summed E-state index contributed by atoms with van der Waals surface area (Å²) in [7, 11) is 0. The Balaban J connectivity index is 1.42. The minimum Gasteiger partial charge on any atom is -0.457 e. The molecule has 3 heterocycles. The molecule has 0 spiro atoms. The number of aromatic nitrogens is 4. The van der Waals surface area contributed by atoms with Gasteiger partial charge in [-0.25, -0.2) is 19.7 Å². The predicted molar refractivity (Wildman–Crippen MR) is 91.5 cm³/mol. The second-order valence-corrected chi connectivity index (χ2v) is 5.99. The van der Waals surface area contributed by atoms with Gasteiger partial charge in [-0.15, -0.1) is 0 Å². The Labute approximate surface area is 153 Å². The summed E-state index contributed by atoms with van der Waals surface area (Å²) in [6.45, 7) is 0.448. The average Bonchev–Trinajstić information content (AvgIpc) is 3.12. The molecular formula is C17H15ClN4O4. The quantitative estimate of drug-likeness (QED) is 0.512. The van der Waals surface area contributed by atoms with Crippen molar-refractivity contribution in [3.8, 4) is 0 Å². The fourth-order valence-electron chi connectivity index (χ4n) is 2.71. The van der Waals surface area contributed by atoms with E-state index in [1.807, 2.05) is 6.07 Å². The fourth-order valence-corrected chi connectivity index (χ4v) is 2.89. The van der Waals surface area contributed by atoms with Crippen molar-refractivity contribution in [3.63, 3.8) is 0 Å². The Morgan fingerprint density at radius 1 is 1.27 bits per heavy atom. The molecule has 1 aromatic carbocycles. The van der Waals surface area contributed by atoms with Crippen molar-refractivity contribution in [2.45, 2.75) is 18.9 Å². The molecule has 2 atom stereocenters. The van der Waals surface area contributed by atoms with E-state index in [4.69, 9.17) is 25.8 Å². The second-order valence-electron chi connectivity index (χ2n) is 5.63. The maximum Gasteiger partial charge on any atom is 0.338 e. The van der Waals surface area contributed by atoms with Crippen LogP contribution in [-0.4, -0.2) is 45.0 Å². The van der Waals surface area contributed by atoms with Crippen molar-refractivity contribution < 1.29 is 19.0 Å². The summed E-state index contributed by atoms with van der Waals surface area (Å²) in [6, 6.07) is 8.76. The SMILES string of the molecule is O=C(OC[C@H]1OCC[C@@H](n2cnc3c(Cl)ncnc32)O1)c1ccccc1. The molecule has 9 heteroatoms. The van der Waals surface area contributed by atoms with E-state index in [0.717, 1.165) is 0 Å². The number of fused-ring (bicyclic) bond motifs is 1. The highest BCUT2D eigenvalue weighted by Gasteiger charge is 2.27. The first-order valence-corrected chi connectivity index (χ1v) is 8.42. The molecule has 1 aliphatic heterocycles. The maximum absolute atomic E-state index is 12.0. The summed E-state index contributed by atoms with van der Waals surface area (Å²) >= 11 is 6.03. The minimum atomic E-state index is -0.670. The molecule has 4 rings (SSSR count). The van der Waals surface area contributed by atoms with Crippen molar-refractivity contribution >= 4 is 28.7 Å². The van der Waals surface area contributed by atoms with E-state index in [1.54, 1.807) is 35.2 Å². The van der Waals surface area contributed by atoms with Crippen LogP contribution in [0.2, 0.25) is 5.15 Å². The number of carbonyl (C=O) groups excluding carboxylic acids is 1. The number of hydrogen-bond donors (Lipinski definition) is 0. The highest BCUT2D eigenvalue weighted by Crippen LogP contribution is 2.27. The number of hydrogen-bond acceptors (Lipinski definition) is 7. The monoisotopic (exact) mass is 374 g/mol. The fraction of sp³-hybridized carbons (Fsp3) is 0.294. The van der Waals surface area contributed by atoms with Gasteiger partial charge in [0.05, 0.1) is 18.5 Å². The Hall–Kier alpha value is -2.55. The topological polar surface area (TPSA) is 88.4 Å². The lowest BCUT2D eigenvalue weighted by molar-refractivity contribution is -0.245. The third-order valence-electron chi connectivity index (χ3n) is 3.96. The van der Waals surface area contributed by atoms with Gasteiger partial charge in [0.15, 0.2) is 17.1 Å². The van der Waals surface area contributed by atoms with Crippen molar-refractivity contribution in [1.29, 1.82) is 0 Å². The van der Waals surface area contributed by atoms with E-state index in [1.165, 1.54) is 6.33 Å². The zero-order valence-corrected chi connectivity index (χ0v) is 14.4. The second kappa shape index (κ2) is 7.36. The number of benzene rings is 1. The molecule has 0 unspecified atom stereocenters. The molecule has 1 aliphatic rings. The third kappa shape index (κ3) is 3.39. The molecule has 134 valence electrons. The standard InChI is InChI=1S/C17H15ClN4O4/c18-15-14-16(20-9-19-15)22(10-21-14)12-6-7-24-13(26-12)8-25-17(23)11-4-2-1-3-5-11/h1-5,9-10,12-13H,6-8H2/t12-,13-/m0/s1. The molecule has 0 aliphatic carbocycles. The predicted octanol–water partition coefficient (Wildman–Crippen LogP) is 2.60. The van der Waals surface area contributed by atoms with Gasteiger partial charge in [-0.1, -0.05) is 29.8 Å². The van der Waals surface area contributed by atoms with Gasteiger partial charge < -0.3 is 14.2 Å². The van der Waals surface area contributed by atoms with Crippen LogP contribution in [0, 0.1) is 0 Å². The molecule has 8 nitrogen and oxygen atoms in total.